The Labute approximate surface area is 111 Å². The Balaban J connectivity index is 1.97. The van der Waals surface area contributed by atoms with Crippen LogP contribution in [0.15, 0.2) is 23.2 Å². The van der Waals surface area contributed by atoms with E-state index in [-0.39, 0.29) is 5.82 Å². The van der Waals surface area contributed by atoms with Crippen molar-refractivity contribution in [2.45, 2.75) is 19.4 Å². The summed E-state index contributed by atoms with van der Waals surface area (Å²) in [7, 11) is 1.69. The van der Waals surface area contributed by atoms with Crippen LogP contribution < -0.4 is 5.32 Å². The summed E-state index contributed by atoms with van der Waals surface area (Å²) in [5.41, 5.74) is 1.66. The lowest BCUT2D eigenvalue weighted by molar-refractivity contribution is 0.190. The molecule has 1 aliphatic rings. The van der Waals surface area contributed by atoms with Crippen molar-refractivity contribution in [1.82, 2.24) is 0 Å². The fourth-order valence-corrected chi connectivity index (χ4v) is 2.82. The average Bonchev–Trinajstić information content (AvgIpc) is 2.72. The molecule has 0 fully saturated rings. The Hall–Kier alpha value is -1.07. The first-order valence-electron chi connectivity index (χ1n) is 5.91. The molecule has 1 aromatic carbocycles. The van der Waals surface area contributed by atoms with Crippen LogP contribution in [0.4, 0.5) is 10.1 Å². The predicted molar refractivity (Wildman–Crippen MR) is 74.9 cm³/mol. The van der Waals surface area contributed by atoms with E-state index < -0.39 is 0 Å². The molecule has 3 nitrogen and oxygen atoms in total. The van der Waals surface area contributed by atoms with Gasteiger partial charge in [-0.3, -0.25) is 4.99 Å². The molecule has 98 valence electrons. The number of hydrogen-bond donors (Lipinski definition) is 1. The quantitative estimate of drug-likeness (QED) is 0.911. The number of hydrogen-bond acceptors (Lipinski definition) is 4. The topological polar surface area (TPSA) is 33.6 Å². The van der Waals surface area contributed by atoms with Crippen LogP contribution in [-0.4, -0.2) is 30.7 Å². The van der Waals surface area contributed by atoms with Gasteiger partial charge in [-0.1, -0.05) is 11.8 Å². The minimum absolute atomic E-state index is 0.225. The van der Waals surface area contributed by atoms with Gasteiger partial charge in [0.2, 0.25) is 0 Å². The number of thioether (sulfide) groups is 1. The third-order valence-corrected chi connectivity index (χ3v) is 3.69. The van der Waals surface area contributed by atoms with E-state index in [9.17, 15) is 4.39 Å². The zero-order valence-electron chi connectivity index (χ0n) is 10.6. The molecule has 2 rings (SSSR count). The number of ether oxygens (including phenoxy) is 1. The van der Waals surface area contributed by atoms with Crippen molar-refractivity contribution in [3.05, 3.63) is 29.6 Å². The molecule has 0 aliphatic carbocycles. The van der Waals surface area contributed by atoms with Gasteiger partial charge in [0.05, 0.1) is 6.04 Å². The highest BCUT2D eigenvalue weighted by Gasteiger charge is 2.18. The number of amidine groups is 1. The van der Waals surface area contributed by atoms with Gasteiger partial charge in [0.25, 0.3) is 0 Å². The van der Waals surface area contributed by atoms with Crippen molar-refractivity contribution in [3.63, 3.8) is 0 Å². The summed E-state index contributed by atoms with van der Waals surface area (Å²) >= 11 is 1.67. The highest BCUT2D eigenvalue weighted by molar-refractivity contribution is 8.14. The van der Waals surface area contributed by atoms with E-state index in [1.54, 1.807) is 18.9 Å². The fourth-order valence-electron chi connectivity index (χ4n) is 1.82. The van der Waals surface area contributed by atoms with Gasteiger partial charge in [-0.25, -0.2) is 4.39 Å². The minimum Gasteiger partial charge on any atom is -0.385 e. The molecule has 5 heteroatoms. The Morgan fingerprint density at radius 2 is 2.33 bits per heavy atom. The maximum atomic E-state index is 13.2. The molecule has 1 atom stereocenters. The molecule has 1 N–H and O–H groups in total. The van der Waals surface area contributed by atoms with E-state index in [4.69, 9.17) is 4.74 Å². The maximum absolute atomic E-state index is 13.2. The second kappa shape index (κ2) is 6.20. The first-order chi connectivity index (χ1) is 8.67. The molecule has 0 bridgehead atoms. The fraction of sp³-hybridized carbons (Fsp3) is 0.462. The highest BCUT2D eigenvalue weighted by atomic mass is 32.2. The van der Waals surface area contributed by atoms with Crippen molar-refractivity contribution >= 4 is 22.6 Å². The number of halogens is 1. The number of aryl methyl sites for hydroxylation is 1. The van der Waals surface area contributed by atoms with Crippen LogP contribution in [0.25, 0.3) is 0 Å². The summed E-state index contributed by atoms with van der Waals surface area (Å²) in [5, 5.41) is 4.02. The Morgan fingerprint density at radius 1 is 1.50 bits per heavy atom. The van der Waals surface area contributed by atoms with Gasteiger partial charge in [0.1, 0.15) is 5.82 Å². The molecule has 1 heterocycles. The van der Waals surface area contributed by atoms with Crippen LogP contribution in [0.3, 0.4) is 0 Å². The van der Waals surface area contributed by atoms with Crippen LogP contribution in [0.2, 0.25) is 0 Å². The minimum atomic E-state index is -0.225. The van der Waals surface area contributed by atoms with Gasteiger partial charge >= 0.3 is 0 Å². The van der Waals surface area contributed by atoms with Gasteiger partial charge in [0, 0.05) is 25.2 Å². The second-order valence-corrected chi connectivity index (χ2v) is 5.33. The number of nitrogens with one attached hydrogen (secondary N) is 1. The summed E-state index contributed by atoms with van der Waals surface area (Å²) < 4.78 is 18.3. The monoisotopic (exact) mass is 268 g/mol. The first-order valence-corrected chi connectivity index (χ1v) is 6.89. The molecule has 0 saturated carbocycles. The molecule has 18 heavy (non-hydrogen) atoms. The molecule has 0 saturated heterocycles. The largest absolute Gasteiger partial charge is 0.385 e. The molecule has 1 aromatic rings. The smallest absolute Gasteiger partial charge is 0.161 e. The molecule has 1 aliphatic heterocycles. The Bertz CT molecular complexity index is 430. The molecule has 0 spiro atoms. The SMILES string of the molecule is COCCC1CSC(Nc2cc(C)cc(F)c2)=N1. The van der Waals surface area contributed by atoms with E-state index >= 15 is 0 Å². The summed E-state index contributed by atoms with van der Waals surface area (Å²) in [5.74, 6) is 0.733. The van der Waals surface area contributed by atoms with E-state index in [0.717, 1.165) is 35.2 Å². The predicted octanol–water partition coefficient (Wildman–Crippen LogP) is 3.05. The molecular formula is C13H17FN2OS. The molecule has 1 unspecified atom stereocenters. The molecule has 0 radical (unpaired) electrons. The standard InChI is InChI=1S/C13H17FN2OS/c1-9-5-10(14)7-12(6-9)16-13-15-11(8-18-13)3-4-17-2/h5-7,11H,3-4,8H2,1-2H3,(H,15,16). The van der Waals surface area contributed by atoms with Crippen LogP contribution in [-0.2, 0) is 4.74 Å². The molecular weight excluding hydrogens is 251 g/mol. The van der Waals surface area contributed by atoms with E-state index in [0.29, 0.717) is 6.04 Å². The van der Waals surface area contributed by atoms with Crippen molar-refractivity contribution in [2.24, 2.45) is 4.99 Å². The Morgan fingerprint density at radius 3 is 3.06 bits per heavy atom. The summed E-state index contributed by atoms with van der Waals surface area (Å²) in [6.07, 6.45) is 0.927. The van der Waals surface area contributed by atoms with Crippen LogP contribution in [0.5, 0.6) is 0 Å². The van der Waals surface area contributed by atoms with Gasteiger partial charge in [0.15, 0.2) is 5.17 Å². The maximum Gasteiger partial charge on any atom is 0.161 e. The normalized spacial score (nSPS) is 18.8. The van der Waals surface area contributed by atoms with Gasteiger partial charge < -0.3 is 10.1 Å². The van der Waals surface area contributed by atoms with Gasteiger partial charge in [-0.15, -0.1) is 0 Å². The second-order valence-electron chi connectivity index (χ2n) is 4.32. The Kier molecular flexibility index (Phi) is 4.60. The summed E-state index contributed by atoms with van der Waals surface area (Å²) in [4.78, 5) is 4.55. The van der Waals surface area contributed by atoms with Gasteiger partial charge in [-0.05, 0) is 37.1 Å². The van der Waals surface area contributed by atoms with E-state index in [1.807, 2.05) is 13.0 Å². The van der Waals surface area contributed by atoms with E-state index in [2.05, 4.69) is 10.3 Å². The van der Waals surface area contributed by atoms with Crippen LogP contribution in [0.1, 0.15) is 12.0 Å². The van der Waals surface area contributed by atoms with Crippen molar-refractivity contribution < 1.29 is 9.13 Å². The summed E-state index contributed by atoms with van der Waals surface area (Å²) in [6, 6.07) is 5.20. The summed E-state index contributed by atoms with van der Waals surface area (Å²) in [6.45, 7) is 2.60. The number of rotatable bonds is 4. The van der Waals surface area contributed by atoms with Gasteiger partial charge in [-0.2, -0.15) is 0 Å². The molecule has 0 aromatic heterocycles. The lowest BCUT2D eigenvalue weighted by atomic mass is 10.2. The van der Waals surface area contributed by atoms with Crippen LogP contribution in [0, 0.1) is 12.7 Å². The average molecular weight is 268 g/mol. The number of anilines is 1. The third kappa shape index (κ3) is 3.71. The lowest BCUT2D eigenvalue weighted by Gasteiger charge is -2.06. The first kappa shape index (κ1) is 13.4. The number of aliphatic imine (C=N–C) groups is 1. The lowest BCUT2D eigenvalue weighted by Crippen LogP contribution is -2.08. The number of benzene rings is 1. The number of nitrogens with zero attached hydrogens (tertiary/aromatic N) is 1. The highest BCUT2D eigenvalue weighted by Crippen LogP contribution is 2.23. The van der Waals surface area contributed by atoms with Crippen molar-refractivity contribution in [1.29, 1.82) is 0 Å². The van der Waals surface area contributed by atoms with Crippen LogP contribution >= 0.6 is 11.8 Å². The van der Waals surface area contributed by atoms with Crippen molar-refractivity contribution in [3.8, 4) is 0 Å². The van der Waals surface area contributed by atoms with Crippen molar-refractivity contribution in [2.75, 3.05) is 24.8 Å². The zero-order valence-corrected chi connectivity index (χ0v) is 11.4. The van der Waals surface area contributed by atoms with E-state index in [1.165, 1.54) is 12.1 Å². The zero-order chi connectivity index (χ0) is 13.0. The number of methoxy groups -OCH3 is 1. The third-order valence-electron chi connectivity index (χ3n) is 2.66. The molecule has 0 amide bonds.